The van der Waals surface area contributed by atoms with E-state index in [9.17, 15) is 9.59 Å². The second-order valence-electron chi connectivity index (χ2n) is 6.27. The summed E-state index contributed by atoms with van der Waals surface area (Å²) in [7, 11) is 1.58. The van der Waals surface area contributed by atoms with E-state index < -0.39 is 0 Å². The quantitative estimate of drug-likeness (QED) is 0.536. The van der Waals surface area contributed by atoms with E-state index in [1.54, 1.807) is 31.3 Å². The van der Waals surface area contributed by atoms with Crippen LogP contribution in [0, 0.1) is 6.92 Å². The van der Waals surface area contributed by atoms with Gasteiger partial charge < -0.3 is 15.6 Å². The average Bonchev–Trinajstić information content (AvgIpc) is 3.06. The summed E-state index contributed by atoms with van der Waals surface area (Å²) in [6.07, 6.45) is 0.758. The number of imidazole rings is 1. The molecule has 28 heavy (non-hydrogen) atoms. The molecule has 0 aliphatic carbocycles. The number of H-pyrrole nitrogens is 1. The van der Waals surface area contributed by atoms with E-state index in [0.717, 1.165) is 23.0 Å². The zero-order valence-electron chi connectivity index (χ0n) is 15.8. The van der Waals surface area contributed by atoms with Gasteiger partial charge in [0.15, 0.2) is 5.16 Å². The number of rotatable bonds is 7. The summed E-state index contributed by atoms with van der Waals surface area (Å²) in [5.74, 6) is -0.0427. The van der Waals surface area contributed by atoms with Crippen LogP contribution in [-0.4, -0.2) is 34.6 Å². The Balaban J connectivity index is 1.53. The second-order valence-corrected chi connectivity index (χ2v) is 7.23. The smallest absolute Gasteiger partial charge is 0.251 e. The SMILES string of the molecule is CNC(=O)c1ccc(NC(=O)CSc2nc(Cc3ccccc3)c(C)[nH]2)cc1. The van der Waals surface area contributed by atoms with Crippen LogP contribution < -0.4 is 10.6 Å². The minimum absolute atomic E-state index is 0.128. The van der Waals surface area contributed by atoms with E-state index in [0.29, 0.717) is 11.3 Å². The molecular weight excluding hydrogens is 372 g/mol. The maximum Gasteiger partial charge on any atom is 0.251 e. The van der Waals surface area contributed by atoms with Crippen molar-refractivity contribution in [1.82, 2.24) is 15.3 Å². The highest BCUT2D eigenvalue weighted by Gasteiger charge is 2.11. The molecule has 0 atom stereocenters. The summed E-state index contributed by atoms with van der Waals surface area (Å²) in [6.45, 7) is 1.99. The molecule has 0 fully saturated rings. The first-order chi connectivity index (χ1) is 13.5. The standard InChI is InChI=1S/C21H22N4O2S/c1-14-18(12-15-6-4-3-5-7-15)25-21(23-14)28-13-19(26)24-17-10-8-16(9-11-17)20(27)22-2/h3-11H,12-13H2,1-2H3,(H,22,27)(H,23,25)(H,24,26). The number of nitrogens with one attached hydrogen (secondary N) is 3. The summed E-state index contributed by atoms with van der Waals surface area (Å²) >= 11 is 1.36. The van der Waals surface area contributed by atoms with Crippen molar-refractivity contribution >= 4 is 29.3 Å². The second kappa shape index (κ2) is 9.23. The van der Waals surface area contributed by atoms with Crippen molar-refractivity contribution in [3.63, 3.8) is 0 Å². The molecule has 0 radical (unpaired) electrons. The van der Waals surface area contributed by atoms with Gasteiger partial charge in [-0.2, -0.15) is 0 Å². The van der Waals surface area contributed by atoms with E-state index in [1.807, 2.05) is 25.1 Å². The number of thioether (sulfide) groups is 1. The van der Waals surface area contributed by atoms with Crippen LogP contribution in [0.2, 0.25) is 0 Å². The maximum absolute atomic E-state index is 12.2. The molecular formula is C21H22N4O2S. The summed E-state index contributed by atoms with van der Waals surface area (Å²) in [5.41, 5.74) is 4.40. The molecule has 0 aliphatic rings. The molecule has 3 aromatic rings. The normalized spacial score (nSPS) is 10.5. The van der Waals surface area contributed by atoms with Gasteiger partial charge in [0.05, 0.1) is 11.4 Å². The Labute approximate surface area is 168 Å². The first-order valence-corrected chi connectivity index (χ1v) is 9.88. The van der Waals surface area contributed by atoms with Crippen LogP contribution in [0.5, 0.6) is 0 Å². The first-order valence-electron chi connectivity index (χ1n) is 8.89. The molecule has 1 heterocycles. The maximum atomic E-state index is 12.2. The average molecular weight is 395 g/mol. The van der Waals surface area contributed by atoms with Crippen LogP contribution in [0.25, 0.3) is 0 Å². The number of hydrogen-bond acceptors (Lipinski definition) is 4. The number of benzene rings is 2. The highest BCUT2D eigenvalue weighted by molar-refractivity contribution is 7.99. The predicted molar refractivity (Wildman–Crippen MR) is 112 cm³/mol. The van der Waals surface area contributed by atoms with Crippen molar-refractivity contribution in [3.8, 4) is 0 Å². The van der Waals surface area contributed by atoms with Crippen LogP contribution in [0.4, 0.5) is 5.69 Å². The molecule has 0 saturated heterocycles. The molecule has 2 amide bonds. The van der Waals surface area contributed by atoms with Crippen molar-refractivity contribution in [3.05, 3.63) is 77.1 Å². The Hall–Kier alpha value is -3.06. The van der Waals surface area contributed by atoms with Gasteiger partial charge in [-0.3, -0.25) is 9.59 Å². The number of aromatic amines is 1. The lowest BCUT2D eigenvalue weighted by Gasteiger charge is -2.05. The molecule has 0 bridgehead atoms. The predicted octanol–water partition coefficient (Wildman–Crippen LogP) is 3.40. The molecule has 2 aromatic carbocycles. The molecule has 0 unspecified atom stereocenters. The van der Waals surface area contributed by atoms with Crippen LogP contribution in [0.1, 0.15) is 27.3 Å². The van der Waals surface area contributed by atoms with Crippen LogP contribution >= 0.6 is 11.8 Å². The van der Waals surface area contributed by atoms with Gasteiger partial charge in [-0.1, -0.05) is 42.1 Å². The minimum atomic E-state index is -0.159. The Morgan fingerprint density at radius 1 is 1.07 bits per heavy atom. The van der Waals surface area contributed by atoms with Crippen molar-refractivity contribution in [1.29, 1.82) is 0 Å². The monoisotopic (exact) mass is 394 g/mol. The molecule has 0 aliphatic heterocycles. The number of amides is 2. The summed E-state index contributed by atoms with van der Waals surface area (Å²) in [6, 6.07) is 16.9. The van der Waals surface area contributed by atoms with Crippen LogP contribution in [-0.2, 0) is 11.2 Å². The number of carbonyl (C=O) groups is 2. The number of anilines is 1. The van der Waals surface area contributed by atoms with E-state index in [-0.39, 0.29) is 17.6 Å². The molecule has 0 saturated carbocycles. The fourth-order valence-corrected chi connectivity index (χ4v) is 3.42. The van der Waals surface area contributed by atoms with Gasteiger partial charge in [0.1, 0.15) is 0 Å². The molecule has 6 nitrogen and oxygen atoms in total. The number of aryl methyl sites for hydroxylation is 1. The van der Waals surface area contributed by atoms with Crippen LogP contribution in [0.15, 0.2) is 59.8 Å². The van der Waals surface area contributed by atoms with E-state index >= 15 is 0 Å². The van der Waals surface area contributed by atoms with Crippen LogP contribution in [0.3, 0.4) is 0 Å². The van der Waals surface area contributed by atoms with Gasteiger partial charge in [0, 0.05) is 30.4 Å². The fraction of sp³-hybridized carbons (Fsp3) is 0.190. The van der Waals surface area contributed by atoms with Gasteiger partial charge in [-0.05, 0) is 36.8 Å². The number of hydrogen-bond donors (Lipinski definition) is 3. The first kappa shape index (κ1) is 19.7. The van der Waals surface area contributed by atoms with Gasteiger partial charge in [0.25, 0.3) is 5.91 Å². The van der Waals surface area contributed by atoms with Gasteiger partial charge in [0.2, 0.25) is 5.91 Å². The Kier molecular flexibility index (Phi) is 6.49. The van der Waals surface area contributed by atoms with Crippen molar-refractivity contribution < 1.29 is 9.59 Å². The summed E-state index contributed by atoms with van der Waals surface area (Å²) in [5, 5.41) is 6.12. The van der Waals surface area contributed by atoms with Gasteiger partial charge in [-0.25, -0.2) is 4.98 Å². The Bertz CT molecular complexity index is 952. The zero-order valence-corrected chi connectivity index (χ0v) is 16.6. The molecule has 3 rings (SSSR count). The lowest BCUT2D eigenvalue weighted by Crippen LogP contribution is -2.18. The molecule has 7 heteroatoms. The molecule has 0 spiro atoms. The van der Waals surface area contributed by atoms with E-state index in [2.05, 4.69) is 32.7 Å². The third-order valence-electron chi connectivity index (χ3n) is 4.18. The molecule has 3 N–H and O–H groups in total. The van der Waals surface area contributed by atoms with E-state index in [4.69, 9.17) is 0 Å². The van der Waals surface area contributed by atoms with Crippen molar-refractivity contribution in [2.24, 2.45) is 0 Å². The summed E-state index contributed by atoms with van der Waals surface area (Å²) < 4.78 is 0. The number of aromatic nitrogens is 2. The van der Waals surface area contributed by atoms with Crippen molar-refractivity contribution in [2.45, 2.75) is 18.5 Å². The highest BCUT2D eigenvalue weighted by Crippen LogP contribution is 2.19. The molecule has 144 valence electrons. The van der Waals surface area contributed by atoms with Gasteiger partial charge in [-0.15, -0.1) is 0 Å². The third-order valence-corrected chi connectivity index (χ3v) is 5.05. The highest BCUT2D eigenvalue weighted by atomic mass is 32.2. The topological polar surface area (TPSA) is 86.9 Å². The summed E-state index contributed by atoms with van der Waals surface area (Å²) in [4.78, 5) is 31.6. The Morgan fingerprint density at radius 2 is 1.79 bits per heavy atom. The van der Waals surface area contributed by atoms with Gasteiger partial charge >= 0.3 is 0 Å². The lowest BCUT2D eigenvalue weighted by molar-refractivity contribution is -0.113. The Morgan fingerprint density at radius 3 is 2.46 bits per heavy atom. The number of carbonyl (C=O) groups excluding carboxylic acids is 2. The van der Waals surface area contributed by atoms with Crippen molar-refractivity contribution in [2.75, 3.05) is 18.1 Å². The fourth-order valence-electron chi connectivity index (χ4n) is 2.68. The molecule has 1 aromatic heterocycles. The van der Waals surface area contributed by atoms with E-state index in [1.165, 1.54) is 17.3 Å². The number of nitrogens with zero attached hydrogens (tertiary/aromatic N) is 1. The largest absolute Gasteiger partial charge is 0.355 e. The lowest BCUT2D eigenvalue weighted by atomic mass is 10.1. The minimum Gasteiger partial charge on any atom is -0.355 e. The zero-order chi connectivity index (χ0) is 19.9. The third kappa shape index (κ3) is 5.23.